The Morgan fingerprint density at radius 3 is 2.59 bits per heavy atom. The van der Waals surface area contributed by atoms with Crippen LogP contribution >= 0.6 is 15.9 Å². The van der Waals surface area contributed by atoms with E-state index in [-0.39, 0.29) is 5.91 Å². The average Bonchev–Trinajstić information content (AvgIpc) is 2.36. The molecule has 1 amide bonds. The third-order valence-corrected chi connectivity index (χ3v) is 3.41. The number of ether oxygens (including phenoxy) is 1. The van der Waals surface area contributed by atoms with Gasteiger partial charge in [0.1, 0.15) is 5.75 Å². The highest BCUT2D eigenvalue weighted by Crippen LogP contribution is 2.12. The fourth-order valence-electron chi connectivity index (χ4n) is 1.29. The highest BCUT2D eigenvalue weighted by molar-refractivity contribution is 9.09. The van der Waals surface area contributed by atoms with Crippen LogP contribution in [-0.2, 0) is 0 Å². The molecule has 1 aromatic carbocycles. The summed E-state index contributed by atoms with van der Waals surface area (Å²) < 4.78 is 5.32. The number of amides is 1. The monoisotopic (exact) mass is 299 g/mol. The zero-order valence-electron chi connectivity index (χ0n) is 10.2. The van der Waals surface area contributed by atoms with Gasteiger partial charge in [-0.3, -0.25) is 4.79 Å². The SMILES string of the molecule is CCOc1ccc(C(=O)NCC(C)CBr)cc1. The number of halogens is 1. The minimum absolute atomic E-state index is 0.0409. The van der Waals surface area contributed by atoms with Crippen LogP contribution < -0.4 is 10.1 Å². The van der Waals surface area contributed by atoms with Crippen molar-refractivity contribution in [2.75, 3.05) is 18.5 Å². The quantitative estimate of drug-likeness (QED) is 0.820. The number of alkyl halides is 1. The van der Waals surface area contributed by atoms with Crippen LogP contribution in [0.15, 0.2) is 24.3 Å². The van der Waals surface area contributed by atoms with Gasteiger partial charge in [0.15, 0.2) is 0 Å². The van der Waals surface area contributed by atoms with Gasteiger partial charge in [-0.05, 0) is 37.1 Å². The van der Waals surface area contributed by atoms with E-state index in [4.69, 9.17) is 4.74 Å². The van der Waals surface area contributed by atoms with Crippen molar-refractivity contribution in [1.29, 1.82) is 0 Å². The van der Waals surface area contributed by atoms with Crippen molar-refractivity contribution in [3.05, 3.63) is 29.8 Å². The number of benzene rings is 1. The van der Waals surface area contributed by atoms with Gasteiger partial charge in [0.05, 0.1) is 6.61 Å². The standard InChI is InChI=1S/C13H18BrNO2/c1-3-17-12-6-4-11(5-7-12)13(16)15-9-10(2)8-14/h4-7,10H,3,8-9H2,1-2H3,(H,15,16). The summed E-state index contributed by atoms with van der Waals surface area (Å²) in [6, 6.07) is 7.18. The normalized spacial score (nSPS) is 11.9. The molecule has 0 aromatic heterocycles. The Bertz CT molecular complexity index is 351. The predicted molar refractivity (Wildman–Crippen MR) is 72.9 cm³/mol. The second-order valence-electron chi connectivity index (χ2n) is 3.93. The number of hydrogen-bond acceptors (Lipinski definition) is 2. The van der Waals surface area contributed by atoms with Gasteiger partial charge < -0.3 is 10.1 Å². The molecule has 3 nitrogen and oxygen atoms in total. The summed E-state index contributed by atoms with van der Waals surface area (Å²) in [5, 5.41) is 3.78. The van der Waals surface area contributed by atoms with Crippen molar-refractivity contribution in [1.82, 2.24) is 5.32 Å². The van der Waals surface area contributed by atoms with E-state index < -0.39 is 0 Å². The number of carbonyl (C=O) groups is 1. The maximum Gasteiger partial charge on any atom is 0.251 e. The van der Waals surface area contributed by atoms with Gasteiger partial charge in [0, 0.05) is 17.4 Å². The van der Waals surface area contributed by atoms with Crippen LogP contribution in [0.2, 0.25) is 0 Å². The van der Waals surface area contributed by atoms with Crippen molar-refractivity contribution in [3.8, 4) is 5.75 Å². The summed E-state index contributed by atoms with van der Waals surface area (Å²) in [5.41, 5.74) is 0.662. The molecule has 94 valence electrons. The molecule has 0 saturated carbocycles. The molecule has 1 unspecified atom stereocenters. The van der Waals surface area contributed by atoms with Gasteiger partial charge in [-0.25, -0.2) is 0 Å². The van der Waals surface area contributed by atoms with E-state index in [1.165, 1.54) is 0 Å². The molecular weight excluding hydrogens is 282 g/mol. The molecule has 0 aliphatic rings. The molecular formula is C13H18BrNO2. The Balaban J connectivity index is 2.51. The Kier molecular flexibility index (Phi) is 6.05. The molecule has 0 radical (unpaired) electrons. The lowest BCUT2D eigenvalue weighted by molar-refractivity contribution is 0.0949. The van der Waals surface area contributed by atoms with Gasteiger partial charge >= 0.3 is 0 Å². The van der Waals surface area contributed by atoms with Crippen LogP contribution in [0.1, 0.15) is 24.2 Å². The Morgan fingerprint density at radius 2 is 2.06 bits per heavy atom. The zero-order chi connectivity index (χ0) is 12.7. The third kappa shape index (κ3) is 4.77. The molecule has 1 rings (SSSR count). The molecule has 0 fully saturated rings. The summed E-state index contributed by atoms with van der Waals surface area (Å²) >= 11 is 3.38. The summed E-state index contributed by atoms with van der Waals surface area (Å²) in [5.74, 6) is 1.18. The van der Waals surface area contributed by atoms with Gasteiger partial charge in [0.2, 0.25) is 0 Å². The van der Waals surface area contributed by atoms with Crippen molar-refractivity contribution >= 4 is 21.8 Å². The minimum Gasteiger partial charge on any atom is -0.494 e. The van der Waals surface area contributed by atoms with Crippen LogP contribution in [0.5, 0.6) is 5.75 Å². The Morgan fingerprint density at radius 1 is 1.41 bits per heavy atom. The molecule has 17 heavy (non-hydrogen) atoms. The lowest BCUT2D eigenvalue weighted by atomic mass is 10.2. The van der Waals surface area contributed by atoms with E-state index in [0.717, 1.165) is 11.1 Å². The van der Waals surface area contributed by atoms with Crippen molar-refractivity contribution in [2.45, 2.75) is 13.8 Å². The molecule has 0 bridgehead atoms. The topological polar surface area (TPSA) is 38.3 Å². The Hall–Kier alpha value is -1.03. The van der Waals surface area contributed by atoms with Crippen molar-refractivity contribution in [3.63, 3.8) is 0 Å². The first-order valence-electron chi connectivity index (χ1n) is 5.74. The van der Waals surface area contributed by atoms with E-state index in [1.54, 1.807) is 12.1 Å². The summed E-state index contributed by atoms with van der Waals surface area (Å²) in [4.78, 5) is 11.8. The highest BCUT2D eigenvalue weighted by atomic mass is 79.9. The number of carbonyl (C=O) groups excluding carboxylic acids is 1. The fourth-order valence-corrected chi connectivity index (χ4v) is 1.52. The van der Waals surface area contributed by atoms with Crippen molar-refractivity contribution in [2.24, 2.45) is 5.92 Å². The first kappa shape index (κ1) is 14.0. The van der Waals surface area contributed by atoms with Crippen LogP contribution in [0, 0.1) is 5.92 Å². The smallest absolute Gasteiger partial charge is 0.251 e. The third-order valence-electron chi connectivity index (χ3n) is 2.30. The van der Waals surface area contributed by atoms with Crippen LogP contribution in [0.25, 0.3) is 0 Å². The second-order valence-corrected chi connectivity index (χ2v) is 4.57. The van der Waals surface area contributed by atoms with Crippen LogP contribution in [-0.4, -0.2) is 24.4 Å². The van der Waals surface area contributed by atoms with Gasteiger partial charge in [-0.1, -0.05) is 22.9 Å². The average molecular weight is 300 g/mol. The number of hydrogen-bond donors (Lipinski definition) is 1. The van der Waals surface area contributed by atoms with Crippen LogP contribution in [0.3, 0.4) is 0 Å². The predicted octanol–water partition coefficient (Wildman–Crippen LogP) is 2.85. The maximum absolute atomic E-state index is 11.8. The summed E-state index contributed by atoms with van der Waals surface area (Å²) in [6.45, 7) is 5.32. The van der Waals surface area contributed by atoms with E-state index in [9.17, 15) is 4.79 Å². The van der Waals surface area contributed by atoms with E-state index in [1.807, 2.05) is 19.1 Å². The van der Waals surface area contributed by atoms with E-state index >= 15 is 0 Å². The summed E-state index contributed by atoms with van der Waals surface area (Å²) in [7, 11) is 0. The fraction of sp³-hybridized carbons (Fsp3) is 0.462. The molecule has 0 aliphatic carbocycles. The molecule has 1 atom stereocenters. The lowest BCUT2D eigenvalue weighted by Gasteiger charge is -2.10. The number of nitrogens with one attached hydrogen (secondary N) is 1. The molecule has 1 aromatic rings. The largest absolute Gasteiger partial charge is 0.494 e. The molecule has 4 heteroatoms. The van der Waals surface area contributed by atoms with E-state index in [0.29, 0.717) is 24.6 Å². The molecule has 0 heterocycles. The van der Waals surface area contributed by atoms with Crippen molar-refractivity contribution < 1.29 is 9.53 Å². The van der Waals surface area contributed by atoms with E-state index in [2.05, 4.69) is 28.2 Å². The van der Waals surface area contributed by atoms with Crippen LogP contribution in [0.4, 0.5) is 0 Å². The lowest BCUT2D eigenvalue weighted by Crippen LogP contribution is -2.28. The van der Waals surface area contributed by atoms with Gasteiger partial charge in [-0.2, -0.15) is 0 Å². The van der Waals surface area contributed by atoms with Gasteiger partial charge in [0.25, 0.3) is 5.91 Å². The van der Waals surface area contributed by atoms with Gasteiger partial charge in [-0.15, -0.1) is 0 Å². The maximum atomic E-state index is 11.8. The molecule has 0 saturated heterocycles. The second kappa shape index (κ2) is 7.33. The molecule has 0 spiro atoms. The minimum atomic E-state index is -0.0409. The number of rotatable bonds is 6. The Labute approximate surface area is 111 Å². The molecule has 0 aliphatic heterocycles. The first-order valence-corrected chi connectivity index (χ1v) is 6.86. The molecule has 1 N–H and O–H groups in total. The first-order chi connectivity index (χ1) is 8.17. The zero-order valence-corrected chi connectivity index (χ0v) is 11.8. The highest BCUT2D eigenvalue weighted by Gasteiger charge is 2.07. The summed E-state index contributed by atoms with van der Waals surface area (Å²) in [6.07, 6.45) is 0.